The highest BCUT2D eigenvalue weighted by molar-refractivity contribution is 6.03. The molecule has 0 radical (unpaired) electrons. The molecule has 0 aromatic heterocycles. The van der Waals surface area contributed by atoms with Crippen molar-refractivity contribution in [2.45, 2.75) is 19.4 Å². The van der Waals surface area contributed by atoms with Gasteiger partial charge in [0.05, 0.1) is 18.2 Å². The Hall–Kier alpha value is -2.07. The lowest BCUT2D eigenvalue weighted by molar-refractivity contribution is 0.0912. The van der Waals surface area contributed by atoms with Gasteiger partial charge >= 0.3 is 0 Å². The van der Waals surface area contributed by atoms with Crippen LogP contribution in [0, 0.1) is 0 Å². The molecule has 19 heavy (non-hydrogen) atoms. The Labute approximate surface area is 111 Å². The van der Waals surface area contributed by atoms with E-state index in [1.54, 1.807) is 18.2 Å². The van der Waals surface area contributed by atoms with Gasteiger partial charge < -0.3 is 15.5 Å². The average Bonchev–Trinajstić information content (AvgIpc) is 2.45. The molecule has 0 aliphatic rings. The summed E-state index contributed by atoms with van der Waals surface area (Å²) in [7, 11) is 0. The number of phenols is 1. The fourth-order valence-electron chi connectivity index (χ4n) is 1.98. The summed E-state index contributed by atoms with van der Waals surface area (Å²) in [6.07, 6.45) is 0.635. The van der Waals surface area contributed by atoms with Gasteiger partial charge in [-0.25, -0.2) is 0 Å². The molecule has 1 unspecified atom stereocenters. The lowest BCUT2D eigenvalue weighted by atomic mass is 10.0. The maximum Gasteiger partial charge on any atom is 0.255 e. The minimum absolute atomic E-state index is 0.0246. The Morgan fingerprint density at radius 1 is 1.26 bits per heavy atom. The second kappa shape index (κ2) is 5.71. The van der Waals surface area contributed by atoms with Crippen LogP contribution in [0.1, 0.15) is 23.7 Å². The Kier molecular flexibility index (Phi) is 4.02. The van der Waals surface area contributed by atoms with Crippen molar-refractivity contribution in [1.29, 1.82) is 0 Å². The second-order valence-corrected chi connectivity index (χ2v) is 4.44. The van der Waals surface area contributed by atoms with E-state index >= 15 is 0 Å². The minimum atomic E-state index is -0.371. The highest BCUT2D eigenvalue weighted by Gasteiger charge is 2.16. The van der Waals surface area contributed by atoms with Gasteiger partial charge in [0.25, 0.3) is 5.91 Å². The smallest absolute Gasteiger partial charge is 0.255 e. The van der Waals surface area contributed by atoms with E-state index in [0.29, 0.717) is 11.8 Å². The number of phenolic OH excluding ortho intramolecular Hbond substituents is 1. The molecule has 0 heterocycles. The van der Waals surface area contributed by atoms with E-state index in [1.807, 2.05) is 25.1 Å². The SMILES string of the molecule is CCC(CO)NC(=O)c1ccc2ccccc2c1O. The number of benzene rings is 2. The molecule has 2 aromatic rings. The molecule has 4 heteroatoms. The first-order valence-electron chi connectivity index (χ1n) is 6.29. The van der Waals surface area contributed by atoms with Crippen molar-refractivity contribution in [2.75, 3.05) is 6.61 Å². The zero-order valence-electron chi connectivity index (χ0n) is 10.8. The molecule has 4 nitrogen and oxygen atoms in total. The number of aromatic hydroxyl groups is 1. The molecule has 2 rings (SSSR count). The number of amides is 1. The number of nitrogens with one attached hydrogen (secondary N) is 1. The normalized spacial score (nSPS) is 12.3. The van der Waals surface area contributed by atoms with Crippen LogP contribution < -0.4 is 5.32 Å². The number of aliphatic hydroxyl groups excluding tert-OH is 1. The van der Waals surface area contributed by atoms with Crippen molar-refractivity contribution < 1.29 is 15.0 Å². The molecule has 0 aliphatic heterocycles. The molecule has 0 saturated heterocycles. The average molecular weight is 259 g/mol. The van der Waals surface area contributed by atoms with Gasteiger partial charge in [-0.15, -0.1) is 0 Å². The van der Waals surface area contributed by atoms with E-state index in [1.165, 1.54) is 0 Å². The van der Waals surface area contributed by atoms with Gasteiger partial charge in [0.2, 0.25) is 0 Å². The fourth-order valence-corrected chi connectivity index (χ4v) is 1.98. The van der Waals surface area contributed by atoms with E-state index in [-0.39, 0.29) is 29.9 Å². The third-order valence-electron chi connectivity index (χ3n) is 3.19. The number of hydrogen-bond acceptors (Lipinski definition) is 3. The van der Waals surface area contributed by atoms with Crippen LogP contribution in [-0.2, 0) is 0 Å². The van der Waals surface area contributed by atoms with Crippen LogP contribution in [0.2, 0.25) is 0 Å². The standard InChI is InChI=1S/C15H17NO3/c1-2-11(9-17)16-15(19)13-8-7-10-5-3-4-6-12(10)14(13)18/h3-8,11,17-18H,2,9H2,1H3,(H,16,19). The van der Waals surface area contributed by atoms with E-state index < -0.39 is 0 Å². The maximum absolute atomic E-state index is 12.1. The van der Waals surface area contributed by atoms with Gasteiger partial charge in [0, 0.05) is 5.39 Å². The summed E-state index contributed by atoms with van der Waals surface area (Å²) in [6, 6.07) is 10.4. The summed E-state index contributed by atoms with van der Waals surface area (Å²) in [5, 5.41) is 23.5. The van der Waals surface area contributed by atoms with Gasteiger partial charge in [-0.2, -0.15) is 0 Å². The van der Waals surface area contributed by atoms with Gasteiger partial charge in [-0.3, -0.25) is 4.79 Å². The summed E-state index contributed by atoms with van der Waals surface area (Å²) < 4.78 is 0. The lowest BCUT2D eigenvalue weighted by Crippen LogP contribution is -2.36. The van der Waals surface area contributed by atoms with E-state index in [9.17, 15) is 9.90 Å². The fraction of sp³-hybridized carbons (Fsp3) is 0.267. The van der Waals surface area contributed by atoms with Gasteiger partial charge in [0.15, 0.2) is 0 Å². The third kappa shape index (κ3) is 2.69. The summed E-state index contributed by atoms with van der Waals surface area (Å²) in [5.74, 6) is -0.396. The van der Waals surface area contributed by atoms with E-state index in [0.717, 1.165) is 5.39 Å². The molecule has 0 saturated carbocycles. The van der Waals surface area contributed by atoms with Crippen LogP contribution >= 0.6 is 0 Å². The largest absolute Gasteiger partial charge is 0.506 e. The Morgan fingerprint density at radius 2 is 2.00 bits per heavy atom. The summed E-state index contributed by atoms with van der Waals surface area (Å²) in [6.45, 7) is 1.76. The zero-order chi connectivity index (χ0) is 13.8. The number of hydrogen-bond donors (Lipinski definition) is 3. The summed E-state index contributed by atoms with van der Waals surface area (Å²) in [5.41, 5.74) is 0.227. The Bertz CT molecular complexity index is 591. The van der Waals surface area contributed by atoms with Crippen molar-refractivity contribution in [3.63, 3.8) is 0 Å². The molecular formula is C15H17NO3. The monoisotopic (exact) mass is 259 g/mol. The molecule has 0 spiro atoms. The lowest BCUT2D eigenvalue weighted by Gasteiger charge is -2.15. The quantitative estimate of drug-likeness (QED) is 0.787. The Morgan fingerprint density at radius 3 is 2.68 bits per heavy atom. The molecule has 1 amide bonds. The third-order valence-corrected chi connectivity index (χ3v) is 3.19. The number of rotatable bonds is 4. The van der Waals surface area contributed by atoms with Gasteiger partial charge in [-0.1, -0.05) is 37.3 Å². The second-order valence-electron chi connectivity index (χ2n) is 4.44. The van der Waals surface area contributed by atoms with Crippen LogP contribution in [0.15, 0.2) is 36.4 Å². The molecule has 2 aromatic carbocycles. The molecule has 1 atom stereocenters. The Balaban J connectivity index is 2.35. The van der Waals surface area contributed by atoms with Crippen LogP contribution in [0.25, 0.3) is 10.8 Å². The highest BCUT2D eigenvalue weighted by atomic mass is 16.3. The van der Waals surface area contributed by atoms with Gasteiger partial charge in [0.1, 0.15) is 5.75 Å². The predicted molar refractivity (Wildman–Crippen MR) is 74.2 cm³/mol. The zero-order valence-corrected chi connectivity index (χ0v) is 10.8. The van der Waals surface area contributed by atoms with Crippen molar-refractivity contribution in [2.24, 2.45) is 0 Å². The maximum atomic E-state index is 12.1. The number of aliphatic hydroxyl groups is 1. The van der Waals surface area contributed by atoms with E-state index in [4.69, 9.17) is 5.11 Å². The van der Waals surface area contributed by atoms with Crippen LogP contribution in [0.5, 0.6) is 5.75 Å². The molecule has 0 fully saturated rings. The molecule has 0 bridgehead atoms. The van der Waals surface area contributed by atoms with E-state index in [2.05, 4.69) is 5.32 Å². The summed E-state index contributed by atoms with van der Waals surface area (Å²) >= 11 is 0. The first-order chi connectivity index (χ1) is 9.17. The predicted octanol–water partition coefficient (Wildman–Crippen LogP) is 2.05. The van der Waals surface area contributed by atoms with Crippen molar-refractivity contribution in [3.8, 4) is 5.75 Å². The molecule has 3 N–H and O–H groups in total. The topological polar surface area (TPSA) is 69.6 Å². The number of carbonyl (C=O) groups is 1. The van der Waals surface area contributed by atoms with Crippen LogP contribution in [0.4, 0.5) is 0 Å². The minimum Gasteiger partial charge on any atom is -0.506 e. The number of fused-ring (bicyclic) bond motifs is 1. The molecule has 0 aliphatic carbocycles. The van der Waals surface area contributed by atoms with Crippen LogP contribution in [-0.4, -0.2) is 28.8 Å². The van der Waals surface area contributed by atoms with Crippen molar-refractivity contribution >= 4 is 16.7 Å². The van der Waals surface area contributed by atoms with Crippen LogP contribution in [0.3, 0.4) is 0 Å². The highest BCUT2D eigenvalue weighted by Crippen LogP contribution is 2.28. The molecule has 100 valence electrons. The molecular weight excluding hydrogens is 242 g/mol. The first kappa shape index (κ1) is 13.4. The summed E-state index contributed by atoms with van der Waals surface area (Å²) in [4.78, 5) is 12.1. The van der Waals surface area contributed by atoms with Crippen molar-refractivity contribution in [1.82, 2.24) is 5.32 Å². The van der Waals surface area contributed by atoms with Crippen molar-refractivity contribution in [3.05, 3.63) is 42.0 Å². The number of carbonyl (C=O) groups excluding carboxylic acids is 1. The first-order valence-corrected chi connectivity index (χ1v) is 6.29. The van der Waals surface area contributed by atoms with Gasteiger partial charge in [-0.05, 0) is 17.9 Å².